The van der Waals surface area contributed by atoms with E-state index >= 15 is 0 Å². The topological polar surface area (TPSA) is 26.3 Å². The molecule has 0 aromatic rings. The molecule has 0 radical (unpaired) electrons. The van der Waals surface area contributed by atoms with Gasteiger partial charge in [-0.3, -0.25) is 0 Å². The van der Waals surface area contributed by atoms with Crippen LogP contribution in [0, 0.1) is 0 Å². The van der Waals surface area contributed by atoms with Gasteiger partial charge in [-0.2, -0.15) is 0 Å². The third kappa shape index (κ3) is 5.30. The molecular formula is C6H12O2Si. The molecule has 0 bridgehead atoms. The Bertz CT molecular complexity index is 124. The Labute approximate surface area is 56.7 Å². The average Bonchev–Trinajstić information content (AvgIpc) is 1.62. The van der Waals surface area contributed by atoms with Crippen LogP contribution in [0.4, 0.5) is 0 Å². The average molecular weight is 144 g/mol. The zero-order chi connectivity index (χ0) is 7.49. The Balaban J connectivity index is 3.74. The molecule has 0 atom stereocenters. The minimum absolute atomic E-state index is 0.311. The van der Waals surface area contributed by atoms with Gasteiger partial charge in [-0.1, -0.05) is 6.58 Å². The fourth-order valence-corrected chi connectivity index (χ4v) is 1.03. The van der Waals surface area contributed by atoms with Crippen molar-refractivity contribution >= 4 is 14.3 Å². The number of rotatable bonds is 2. The van der Waals surface area contributed by atoms with Gasteiger partial charge in [0.1, 0.15) is 0 Å². The second kappa shape index (κ2) is 2.82. The minimum Gasteiger partial charge on any atom is -0.517 e. The molecule has 0 aliphatic carbocycles. The van der Waals surface area contributed by atoms with Crippen LogP contribution in [-0.4, -0.2) is 14.3 Å². The van der Waals surface area contributed by atoms with Gasteiger partial charge in [-0.25, -0.2) is 4.79 Å². The molecule has 52 valence electrons. The van der Waals surface area contributed by atoms with E-state index in [2.05, 4.69) is 6.58 Å². The normalized spacial score (nSPS) is 10.6. The van der Waals surface area contributed by atoms with E-state index in [4.69, 9.17) is 4.43 Å². The fourth-order valence-electron chi connectivity index (χ4n) is 0.343. The SMILES string of the molecule is C=CC(=O)O[Si](C)(C)C. The van der Waals surface area contributed by atoms with Gasteiger partial charge in [0.25, 0.3) is 0 Å². The zero-order valence-corrected chi connectivity index (χ0v) is 7.10. The molecule has 0 aromatic carbocycles. The fraction of sp³-hybridized carbons (Fsp3) is 0.500. The predicted octanol–water partition coefficient (Wildman–Crippen LogP) is 1.55. The largest absolute Gasteiger partial charge is 0.517 e. The Kier molecular flexibility index (Phi) is 2.64. The maximum absolute atomic E-state index is 10.5. The van der Waals surface area contributed by atoms with E-state index in [1.807, 2.05) is 19.6 Å². The first kappa shape index (κ1) is 8.43. The van der Waals surface area contributed by atoms with Crippen molar-refractivity contribution in [2.75, 3.05) is 0 Å². The summed E-state index contributed by atoms with van der Waals surface area (Å²) in [6, 6.07) is 0. The second-order valence-corrected chi connectivity index (χ2v) is 7.17. The van der Waals surface area contributed by atoms with Crippen LogP contribution in [0.5, 0.6) is 0 Å². The summed E-state index contributed by atoms with van der Waals surface area (Å²) in [6.45, 7) is 9.15. The molecule has 0 spiro atoms. The molecule has 0 rings (SSSR count). The summed E-state index contributed by atoms with van der Waals surface area (Å²) >= 11 is 0. The Morgan fingerprint density at radius 3 is 2.11 bits per heavy atom. The maximum atomic E-state index is 10.5. The van der Waals surface area contributed by atoms with E-state index in [1.54, 1.807) is 0 Å². The van der Waals surface area contributed by atoms with Gasteiger partial charge in [0.15, 0.2) is 0 Å². The van der Waals surface area contributed by atoms with Gasteiger partial charge in [-0.05, 0) is 19.6 Å². The van der Waals surface area contributed by atoms with Crippen molar-refractivity contribution in [3.8, 4) is 0 Å². The standard InChI is InChI=1S/C6H12O2Si/c1-5-6(7)8-9(2,3)4/h5H,1H2,2-4H3. The molecule has 0 aliphatic rings. The summed E-state index contributed by atoms with van der Waals surface area (Å²) in [6.07, 6.45) is 1.19. The van der Waals surface area contributed by atoms with Crippen molar-refractivity contribution in [3.05, 3.63) is 12.7 Å². The monoisotopic (exact) mass is 144 g/mol. The van der Waals surface area contributed by atoms with Crippen LogP contribution in [0.3, 0.4) is 0 Å². The lowest BCUT2D eigenvalue weighted by atomic mass is 10.7. The van der Waals surface area contributed by atoms with Crippen molar-refractivity contribution in [1.29, 1.82) is 0 Å². The quantitative estimate of drug-likeness (QED) is 0.434. The molecule has 3 heteroatoms. The Hall–Kier alpha value is -0.573. The van der Waals surface area contributed by atoms with Crippen LogP contribution in [0.1, 0.15) is 0 Å². The van der Waals surface area contributed by atoms with Crippen molar-refractivity contribution in [3.63, 3.8) is 0 Å². The van der Waals surface area contributed by atoms with Gasteiger partial charge in [0, 0.05) is 6.08 Å². The van der Waals surface area contributed by atoms with Gasteiger partial charge < -0.3 is 4.43 Å². The smallest absolute Gasteiger partial charge is 0.316 e. The highest BCUT2D eigenvalue weighted by Crippen LogP contribution is 2.02. The number of hydrogen-bond acceptors (Lipinski definition) is 2. The molecule has 0 aromatic heterocycles. The van der Waals surface area contributed by atoms with Gasteiger partial charge >= 0.3 is 5.97 Å². The van der Waals surface area contributed by atoms with Crippen LogP contribution >= 0.6 is 0 Å². The summed E-state index contributed by atoms with van der Waals surface area (Å²) in [5, 5.41) is 0. The maximum Gasteiger partial charge on any atom is 0.316 e. The van der Waals surface area contributed by atoms with E-state index in [1.165, 1.54) is 6.08 Å². The first-order valence-corrected chi connectivity index (χ1v) is 6.22. The highest BCUT2D eigenvalue weighted by molar-refractivity contribution is 6.71. The third-order valence-electron chi connectivity index (χ3n) is 0.573. The lowest BCUT2D eigenvalue weighted by Gasteiger charge is -2.14. The first-order chi connectivity index (χ1) is 3.95. The molecule has 0 saturated carbocycles. The first-order valence-electron chi connectivity index (χ1n) is 2.81. The molecule has 0 amide bonds. The second-order valence-electron chi connectivity index (χ2n) is 2.74. The third-order valence-corrected chi connectivity index (χ3v) is 1.39. The van der Waals surface area contributed by atoms with Crippen LogP contribution < -0.4 is 0 Å². The summed E-state index contributed by atoms with van der Waals surface area (Å²) in [5.41, 5.74) is 0. The number of carbonyl (C=O) groups excluding carboxylic acids is 1. The zero-order valence-electron chi connectivity index (χ0n) is 6.10. The molecule has 0 N–H and O–H groups in total. The lowest BCUT2D eigenvalue weighted by molar-refractivity contribution is -0.129. The molecule has 0 unspecified atom stereocenters. The molecule has 0 fully saturated rings. The summed E-state index contributed by atoms with van der Waals surface area (Å²) in [4.78, 5) is 10.5. The van der Waals surface area contributed by atoms with Gasteiger partial charge in [0.2, 0.25) is 8.32 Å². The van der Waals surface area contributed by atoms with E-state index in [9.17, 15) is 4.79 Å². The minimum atomic E-state index is -1.66. The highest BCUT2D eigenvalue weighted by atomic mass is 28.4. The van der Waals surface area contributed by atoms with Crippen molar-refractivity contribution in [1.82, 2.24) is 0 Å². The van der Waals surface area contributed by atoms with E-state index < -0.39 is 8.32 Å². The molecule has 0 saturated heterocycles. The van der Waals surface area contributed by atoms with Crippen molar-refractivity contribution in [2.45, 2.75) is 19.6 Å². The van der Waals surface area contributed by atoms with Crippen LogP contribution in [0.15, 0.2) is 12.7 Å². The van der Waals surface area contributed by atoms with Crippen LogP contribution in [0.2, 0.25) is 19.6 Å². The van der Waals surface area contributed by atoms with Crippen molar-refractivity contribution in [2.24, 2.45) is 0 Å². The van der Waals surface area contributed by atoms with Crippen LogP contribution in [-0.2, 0) is 9.22 Å². The number of carbonyl (C=O) groups is 1. The van der Waals surface area contributed by atoms with Crippen LogP contribution in [0.25, 0.3) is 0 Å². The summed E-state index contributed by atoms with van der Waals surface area (Å²) in [7, 11) is -1.66. The van der Waals surface area contributed by atoms with E-state index in [0.29, 0.717) is 0 Å². The molecule has 0 heterocycles. The molecule has 2 nitrogen and oxygen atoms in total. The predicted molar refractivity (Wildman–Crippen MR) is 39.6 cm³/mol. The lowest BCUT2D eigenvalue weighted by Crippen LogP contribution is -2.28. The van der Waals surface area contributed by atoms with Gasteiger partial charge in [-0.15, -0.1) is 0 Å². The summed E-state index contributed by atoms with van der Waals surface area (Å²) < 4.78 is 4.97. The molecular weight excluding hydrogens is 132 g/mol. The Morgan fingerprint density at radius 1 is 1.56 bits per heavy atom. The van der Waals surface area contributed by atoms with E-state index in [0.717, 1.165) is 0 Å². The molecule has 9 heavy (non-hydrogen) atoms. The summed E-state index contributed by atoms with van der Waals surface area (Å²) in [5.74, 6) is -0.311. The van der Waals surface area contributed by atoms with Crippen molar-refractivity contribution < 1.29 is 9.22 Å². The number of hydrogen-bond donors (Lipinski definition) is 0. The Morgan fingerprint density at radius 2 is 2.00 bits per heavy atom. The van der Waals surface area contributed by atoms with E-state index in [-0.39, 0.29) is 5.97 Å². The molecule has 0 aliphatic heterocycles. The van der Waals surface area contributed by atoms with Gasteiger partial charge in [0.05, 0.1) is 0 Å². The highest BCUT2D eigenvalue weighted by Gasteiger charge is 2.17.